The molecule has 1 heterocycles. The van der Waals surface area contributed by atoms with Crippen LogP contribution in [0, 0.1) is 5.82 Å². The molecule has 3 aromatic rings. The number of benzene rings is 2. The van der Waals surface area contributed by atoms with E-state index in [-0.39, 0.29) is 5.82 Å². The molecule has 3 rings (SSSR count). The highest BCUT2D eigenvalue weighted by Gasteiger charge is 2.04. The third-order valence-electron chi connectivity index (χ3n) is 2.80. The number of hydrogen-bond donors (Lipinski definition) is 0. The van der Waals surface area contributed by atoms with Crippen LogP contribution in [-0.4, -0.2) is 0 Å². The van der Waals surface area contributed by atoms with Crippen molar-refractivity contribution in [3.63, 3.8) is 0 Å². The van der Waals surface area contributed by atoms with Gasteiger partial charge in [-0.15, -0.1) is 11.3 Å². The largest absolute Gasteiger partial charge is 0.207 e. The molecule has 2 aromatic carbocycles. The van der Waals surface area contributed by atoms with Gasteiger partial charge in [-0.05, 0) is 41.3 Å². The number of rotatable bonds is 2. The van der Waals surface area contributed by atoms with E-state index in [1.165, 1.54) is 16.5 Å². The van der Waals surface area contributed by atoms with E-state index in [4.69, 9.17) is 0 Å². The fourth-order valence-electron chi connectivity index (χ4n) is 2.00. The summed E-state index contributed by atoms with van der Waals surface area (Å²) in [6.45, 7) is 0. The van der Waals surface area contributed by atoms with E-state index in [2.05, 4.69) is 34.1 Å². The second-order valence-electron chi connectivity index (χ2n) is 4.20. The van der Waals surface area contributed by atoms with Gasteiger partial charge in [0.2, 0.25) is 0 Å². The molecule has 18 heavy (non-hydrogen) atoms. The highest BCUT2D eigenvalue weighted by Crippen LogP contribution is 2.28. The maximum Gasteiger partial charge on any atom is 0.124 e. The fraction of sp³-hybridized carbons (Fsp3) is 0.0667. The Morgan fingerprint density at radius 2 is 1.94 bits per heavy atom. The lowest BCUT2D eigenvalue weighted by Gasteiger charge is -1.98. The molecule has 0 N–H and O–H groups in total. The second kappa shape index (κ2) is 4.82. The van der Waals surface area contributed by atoms with E-state index in [9.17, 15) is 4.39 Å². The van der Waals surface area contributed by atoms with Crippen LogP contribution < -0.4 is 0 Å². The number of halogens is 2. The average Bonchev–Trinajstić information content (AvgIpc) is 2.70. The molecule has 0 saturated carbocycles. The summed E-state index contributed by atoms with van der Waals surface area (Å²) in [6.07, 6.45) is 0.889. The van der Waals surface area contributed by atoms with Gasteiger partial charge in [0.25, 0.3) is 0 Å². The van der Waals surface area contributed by atoms with Gasteiger partial charge in [-0.3, -0.25) is 0 Å². The Labute approximate surface area is 117 Å². The van der Waals surface area contributed by atoms with Crippen LogP contribution in [0.1, 0.15) is 10.4 Å². The molecule has 0 spiro atoms. The number of thiophene rings is 1. The summed E-state index contributed by atoms with van der Waals surface area (Å²) in [5.41, 5.74) is 1.26. The highest BCUT2D eigenvalue weighted by atomic mass is 79.9. The molecule has 3 heteroatoms. The minimum absolute atomic E-state index is 0.168. The lowest BCUT2D eigenvalue weighted by molar-refractivity contribution is 0.630. The minimum Gasteiger partial charge on any atom is -0.207 e. The third-order valence-corrected chi connectivity index (χ3v) is 4.39. The van der Waals surface area contributed by atoms with Crippen molar-refractivity contribution < 1.29 is 4.39 Å². The molecule has 0 unspecified atom stereocenters. The van der Waals surface area contributed by atoms with Crippen LogP contribution in [-0.2, 0) is 6.42 Å². The molecule has 0 amide bonds. The lowest BCUT2D eigenvalue weighted by atomic mass is 10.1. The molecule has 0 aliphatic heterocycles. The van der Waals surface area contributed by atoms with Gasteiger partial charge in [0, 0.05) is 20.5 Å². The van der Waals surface area contributed by atoms with Gasteiger partial charge in [0.1, 0.15) is 5.82 Å². The molecule has 0 bridgehead atoms. The van der Waals surface area contributed by atoms with Crippen molar-refractivity contribution >= 4 is 37.4 Å². The first-order valence-electron chi connectivity index (χ1n) is 5.63. The molecule has 0 saturated heterocycles. The molecule has 0 aliphatic carbocycles. The van der Waals surface area contributed by atoms with E-state index in [0.717, 1.165) is 21.0 Å². The summed E-state index contributed by atoms with van der Waals surface area (Å²) >= 11 is 5.13. The van der Waals surface area contributed by atoms with Crippen LogP contribution in [0.5, 0.6) is 0 Å². The minimum atomic E-state index is -0.168. The summed E-state index contributed by atoms with van der Waals surface area (Å²) in [5.74, 6) is -0.168. The Morgan fingerprint density at radius 1 is 1.06 bits per heavy atom. The van der Waals surface area contributed by atoms with Crippen LogP contribution in [0.4, 0.5) is 4.39 Å². The SMILES string of the molecule is Fc1ccc2cc(Cc3cccc(Br)c3)sc2c1. The summed E-state index contributed by atoms with van der Waals surface area (Å²) in [7, 11) is 0. The van der Waals surface area contributed by atoms with Gasteiger partial charge in [-0.2, -0.15) is 0 Å². The lowest BCUT2D eigenvalue weighted by Crippen LogP contribution is -1.83. The summed E-state index contributed by atoms with van der Waals surface area (Å²) in [5, 5.41) is 1.12. The summed E-state index contributed by atoms with van der Waals surface area (Å²) < 4.78 is 15.2. The quantitative estimate of drug-likeness (QED) is 0.593. The molecule has 0 atom stereocenters. The zero-order chi connectivity index (χ0) is 12.5. The predicted octanol–water partition coefficient (Wildman–Crippen LogP) is 5.39. The smallest absolute Gasteiger partial charge is 0.124 e. The van der Waals surface area contributed by atoms with Crippen molar-refractivity contribution in [1.82, 2.24) is 0 Å². The van der Waals surface area contributed by atoms with Gasteiger partial charge in [0.05, 0.1) is 0 Å². The Balaban J connectivity index is 1.95. The summed E-state index contributed by atoms with van der Waals surface area (Å²) in [6, 6.07) is 15.4. The van der Waals surface area contributed by atoms with Gasteiger partial charge in [-0.25, -0.2) is 4.39 Å². The first-order chi connectivity index (χ1) is 8.70. The normalized spacial score (nSPS) is 11.0. The van der Waals surface area contributed by atoms with Crippen molar-refractivity contribution in [2.24, 2.45) is 0 Å². The molecule has 0 aliphatic rings. The molecular formula is C15H10BrFS. The maximum atomic E-state index is 13.1. The molecule has 0 nitrogen and oxygen atoms in total. The topological polar surface area (TPSA) is 0 Å². The van der Waals surface area contributed by atoms with Crippen LogP contribution in [0.25, 0.3) is 10.1 Å². The predicted molar refractivity (Wildman–Crippen MR) is 78.7 cm³/mol. The zero-order valence-electron chi connectivity index (χ0n) is 9.49. The molecular weight excluding hydrogens is 311 g/mol. The monoisotopic (exact) mass is 320 g/mol. The van der Waals surface area contributed by atoms with Crippen molar-refractivity contribution in [2.45, 2.75) is 6.42 Å². The Hall–Kier alpha value is -1.19. The first-order valence-corrected chi connectivity index (χ1v) is 7.24. The zero-order valence-corrected chi connectivity index (χ0v) is 11.9. The van der Waals surface area contributed by atoms with Crippen molar-refractivity contribution in [2.75, 3.05) is 0 Å². The van der Waals surface area contributed by atoms with Gasteiger partial charge in [0.15, 0.2) is 0 Å². The molecule has 0 fully saturated rings. The number of fused-ring (bicyclic) bond motifs is 1. The average molecular weight is 321 g/mol. The van der Waals surface area contributed by atoms with Gasteiger partial charge >= 0.3 is 0 Å². The van der Waals surface area contributed by atoms with Crippen molar-refractivity contribution in [3.8, 4) is 0 Å². The Bertz CT molecular complexity index is 703. The Morgan fingerprint density at radius 3 is 2.78 bits per heavy atom. The van der Waals surface area contributed by atoms with Crippen LogP contribution >= 0.6 is 27.3 Å². The summed E-state index contributed by atoms with van der Waals surface area (Å²) in [4.78, 5) is 1.26. The molecule has 90 valence electrons. The standard InChI is InChI=1S/C15H10BrFS/c16-12-3-1-2-10(6-12)7-14-8-11-4-5-13(17)9-15(11)18-14/h1-6,8-9H,7H2. The number of hydrogen-bond acceptors (Lipinski definition) is 1. The van der Waals surface area contributed by atoms with E-state index in [1.54, 1.807) is 17.4 Å². The first kappa shape index (κ1) is 11.9. The fourth-order valence-corrected chi connectivity index (χ4v) is 3.57. The molecule has 1 aromatic heterocycles. The van der Waals surface area contributed by atoms with Crippen molar-refractivity contribution in [3.05, 3.63) is 69.3 Å². The van der Waals surface area contributed by atoms with E-state index < -0.39 is 0 Å². The third kappa shape index (κ3) is 2.47. The van der Waals surface area contributed by atoms with Gasteiger partial charge < -0.3 is 0 Å². The Kier molecular flexibility index (Phi) is 3.18. The van der Waals surface area contributed by atoms with Crippen LogP contribution in [0.3, 0.4) is 0 Å². The van der Waals surface area contributed by atoms with E-state index in [0.29, 0.717) is 0 Å². The maximum absolute atomic E-state index is 13.1. The highest BCUT2D eigenvalue weighted by molar-refractivity contribution is 9.10. The van der Waals surface area contributed by atoms with Crippen LogP contribution in [0.15, 0.2) is 53.0 Å². The van der Waals surface area contributed by atoms with E-state index in [1.807, 2.05) is 18.2 Å². The van der Waals surface area contributed by atoms with Crippen LogP contribution in [0.2, 0.25) is 0 Å². The van der Waals surface area contributed by atoms with Crippen molar-refractivity contribution in [1.29, 1.82) is 0 Å². The van der Waals surface area contributed by atoms with E-state index >= 15 is 0 Å². The van der Waals surface area contributed by atoms with Gasteiger partial charge in [-0.1, -0.05) is 34.1 Å². The second-order valence-corrected chi connectivity index (χ2v) is 6.29. The molecule has 0 radical (unpaired) electrons.